The molecule has 5 heteroatoms. The molecule has 0 aromatic heterocycles. The molecule has 1 aliphatic heterocycles. The van der Waals surface area contributed by atoms with Gasteiger partial charge in [0.2, 0.25) is 0 Å². The number of rotatable bonds is 4. The molecule has 1 aliphatic rings. The highest BCUT2D eigenvalue weighted by atomic mass is 35.5. The van der Waals surface area contributed by atoms with Gasteiger partial charge in [0.05, 0.1) is 0 Å². The zero-order valence-electron chi connectivity index (χ0n) is 11.2. The Morgan fingerprint density at radius 1 is 1.32 bits per heavy atom. The second-order valence-electron chi connectivity index (χ2n) is 4.75. The van der Waals surface area contributed by atoms with E-state index in [9.17, 15) is 0 Å². The van der Waals surface area contributed by atoms with E-state index >= 15 is 0 Å². The van der Waals surface area contributed by atoms with Gasteiger partial charge in [-0.1, -0.05) is 36.2 Å². The summed E-state index contributed by atoms with van der Waals surface area (Å²) in [4.78, 5) is 0. The monoisotopic (exact) mass is 335 g/mol. The number of likely N-dealkylation sites (N-methyl/N-ethyl adjacent to an activating group) is 1. The molecule has 0 spiro atoms. The van der Waals surface area contributed by atoms with E-state index in [0.29, 0.717) is 21.6 Å². The van der Waals surface area contributed by atoms with Crippen LogP contribution in [-0.2, 0) is 6.42 Å². The van der Waals surface area contributed by atoms with Gasteiger partial charge in [-0.15, -0.1) is 0 Å². The standard InChI is InChI=1S/C14H19Cl2NS2/c1-9-14(19-6-5-18-9)13(17-2)7-10-3-4-11(15)8-12(10)16/h3-4,8-9,13-14,17H,5-7H2,1-2H3. The van der Waals surface area contributed by atoms with Crippen LogP contribution in [0.2, 0.25) is 10.0 Å². The molecule has 0 saturated carbocycles. The first-order chi connectivity index (χ1) is 9.11. The maximum Gasteiger partial charge on any atom is 0.0453 e. The maximum absolute atomic E-state index is 6.28. The number of halogens is 2. The normalized spacial score (nSPS) is 25.3. The predicted octanol–water partition coefficient (Wildman–Crippen LogP) is 4.36. The smallest absolute Gasteiger partial charge is 0.0453 e. The Bertz CT molecular complexity index is 428. The summed E-state index contributed by atoms with van der Waals surface area (Å²) in [6.07, 6.45) is 0.953. The van der Waals surface area contributed by atoms with Crippen molar-refractivity contribution in [1.82, 2.24) is 5.32 Å². The molecule has 3 unspecified atom stereocenters. The number of benzene rings is 1. The minimum atomic E-state index is 0.450. The quantitative estimate of drug-likeness (QED) is 0.877. The molecule has 0 bridgehead atoms. The summed E-state index contributed by atoms with van der Waals surface area (Å²) in [6.45, 7) is 2.33. The number of nitrogens with one attached hydrogen (secondary N) is 1. The molecule has 1 heterocycles. The third kappa shape index (κ3) is 4.21. The lowest BCUT2D eigenvalue weighted by Gasteiger charge is -2.34. The summed E-state index contributed by atoms with van der Waals surface area (Å²) >= 11 is 16.4. The molecule has 3 atom stereocenters. The van der Waals surface area contributed by atoms with Gasteiger partial charge in [-0.05, 0) is 31.2 Å². The zero-order valence-corrected chi connectivity index (χ0v) is 14.3. The van der Waals surface area contributed by atoms with Crippen molar-refractivity contribution >= 4 is 46.7 Å². The molecule has 2 rings (SSSR count). The Labute approximate surface area is 134 Å². The predicted molar refractivity (Wildman–Crippen MR) is 91.2 cm³/mol. The van der Waals surface area contributed by atoms with Crippen LogP contribution in [0, 0.1) is 0 Å². The third-order valence-electron chi connectivity index (χ3n) is 3.46. The van der Waals surface area contributed by atoms with Crippen LogP contribution in [0.1, 0.15) is 12.5 Å². The van der Waals surface area contributed by atoms with Gasteiger partial charge in [0.1, 0.15) is 0 Å². The lowest BCUT2D eigenvalue weighted by Crippen LogP contribution is -2.44. The molecule has 106 valence electrons. The average molecular weight is 336 g/mol. The Hall–Kier alpha value is 0.460. The van der Waals surface area contributed by atoms with Gasteiger partial charge in [-0.3, -0.25) is 0 Å². The molecule has 1 aromatic rings. The molecule has 0 radical (unpaired) electrons. The Kier molecular flexibility index (Phi) is 6.22. The minimum absolute atomic E-state index is 0.450. The first-order valence-electron chi connectivity index (χ1n) is 6.46. The lowest BCUT2D eigenvalue weighted by molar-refractivity contribution is 0.531. The molecule has 1 N–H and O–H groups in total. The van der Waals surface area contributed by atoms with Gasteiger partial charge < -0.3 is 5.32 Å². The van der Waals surface area contributed by atoms with Crippen LogP contribution in [0.15, 0.2) is 18.2 Å². The molecule has 1 nitrogen and oxygen atoms in total. The van der Waals surface area contributed by atoms with Crippen LogP contribution in [-0.4, -0.2) is 35.1 Å². The van der Waals surface area contributed by atoms with Crippen molar-refractivity contribution < 1.29 is 0 Å². The third-order valence-corrected chi connectivity index (χ3v) is 7.30. The second-order valence-corrected chi connectivity index (χ2v) is 8.36. The van der Waals surface area contributed by atoms with E-state index in [0.717, 1.165) is 11.4 Å². The van der Waals surface area contributed by atoms with Gasteiger partial charge >= 0.3 is 0 Å². The lowest BCUT2D eigenvalue weighted by atomic mass is 10.0. The van der Waals surface area contributed by atoms with Crippen LogP contribution in [0.4, 0.5) is 0 Å². The van der Waals surface area contributed by atoms with Gasteiger partial charge in [-0.25, -0.2) is 0 Å². The molecular weight excluding hydrogens is 317 g/mol. The fraction of sp³-hybridized carbons (Fsp3) is 0.571. The van der Waals surface area contributed by atoms with E-state index in [4.69, 9.17) is 23.2 Å². The highest BCUT2D eigenvalue weighted by Gasteiger charge is 2.29. The molecule has 1 saturated heterocycles. The van der Waals surface area contributed by atoms with E-state index in [1.54, 1.807) is 0 Å². The summed E-state index contributed by atoms with van der Waals surface area (Å²) in [5, 5.41) is 6.26. The summed E-state index contributed by atoms with van der Waals surface area (Å²) < 4.78 is 0. The highest BCUT2D eigenvalue weighted by Crippen LogP contribution is 2.34. The van der Waals surface area contributed by atoms with Crippen LogP contribution >= 0.6 is 46.7 Å². The van der Waals surface area contributed by atoms with Crippen LogP contribution < -0.4 is 5.32 Å². The Balaban J connectivity index is 2.09. The van der Waals surface area contributed by atoms with E-state index in [1.165, 1.54) is 17.1 Å². The topological polar surface area (TPSA) is 12.0 Å². The van der Waals surface area contributed by atoms with Crippen molar-refractivity contribution in [3.8, 4) is 0 Å². The van der Waals surface area contributed by atoms with Crippen molar-refractivity contribution in [2.24, 2.45) is 0 Å². The van der Waals surface area contributed by atoms with E-state index in [-0.39, 0.29) is 0 Å². The van der Waals surface area contributed by atoms with Crippen molar-refractivity contribution in [3.05, 3.63) is 33.8 Å². The first kappa shape index (κ1) is 15.8. The summed E-state index contributed by atoms with van der Waals surface area (Å²) in [6, 6.07) is 6.24. The van der Waals surface area contributed by atoms with Crippen LogP contribution in [0.25, 0.3) is 0 Å². The molecular formula is C14H19Cl2NS2. The molecule has 0 amide bonds. The van der Waals surface area contributed by atoms with E-state index in [1.807, 2.05) is 25.2 Å². The molecule has 1 aromatic carbocycles. The Morgan fingerprint density at radius 2 is 2.05 bits per heavy atom. The van der Waals surface area contributed by atoms with Crippen LogP contribution in [0.3, 0.4) is 0 Å². The first-order valence-corrected chi connectivity index (χ1v) is 9.31. The maximum atomic E-state index is 6.28. The molecule has 0 aliphatic carbocycles. The fourth-order valence-corrected chi connectivity index (χ4v) is 5.88. The zero-order chi connectivity index (χ0) is 13.8. The number of hydrogen-bond donors (Lipinski definition) is 1. The van der Waals surface area contributed by atoms with Gasteiger partial charge in [0.15, 0.2) is 0 Å². The SMILES string of the molecule is CNC(Cc1ccc(Cl)cc1Cl)C1SCCSC1C. The fourth-order valence-electron chi connectivity index (χ4n) is 2.40. The average Bonchev–Trinajstić information content (AvgIpc) is 2.39. The summed E-state index contributed by atoms with van der Waals surface area (Å²) in [5.41, 5.74) is 1.17. The minimum Gasteiger partial charge on any atom is -0.316 e. The van der Waals surface area contributed by atoms with E-state index in [2.05, 4.69) is 35.8 Å². The molecule has 19 heavy (non-hydrogen) atoms. The molecule has 1 fully saturated rings. The van der Waals surface area contributed by atoms with Crippen molar-refractivity contribution in [3.63, 3.8) is 0 Å². The van der Waals surface area contributed by atoms with Crippen molar-refractivity contribution in [1.29, 1.82) is 0 Å². The van der Waals surface area contributed by atoms with Gasteiger partial charge in [0.25, 0.3) is 0 Å². The number of hydrogen-bond acceptors (Lipinski definition) is 3. The summed E-state index contributed by atoms with van der Waals surface area (Å²) in [5.74, 6) is 2.51. The van der Waals surface area contributed by atoms with E-state index < -0.39 is 0 Å². The van der Waals surface area contributed by atoms with Gasteiger partial charge in [-0.2, -0.15) is 23.5 Å². The Morgan fingerprint density at radius 3 is 2.68 bits per heavy atom. The van der Waals surface area contributed by atoms with Crippen LogP contribution in [0.5, 0.6) is 0 Å². The van der Waals surface area contributed by atoms with Gasteiger partial charge in [0, 0.05) is 38.1 Å². The summed E-state index contributed by atoms with van der Waals surface area (Å²) in [7, 11) is 2.04. The van der Waals surface area contributed by atoms with Crippen molar-refractivity contribution in [2.75, 3.05) is 18.6 Å². The van der Waals surface area contributed by atoms with Crippen molar-refractivity contribution in [2.45, 2.75) is 29.9 Å². The largest absolute Gasteiger partial charge is 0.316 e. The second kappa shape index (κ2) is 7.46. The number of thioether (sulfide) groups is 2. The highest BCUT2D eigenvalue weighted by molar-refractivity contribution is 8.07.